The van der Waals surface area contributed by atoms with Crippen LogP contribution in [0.4, 0.5) is 0 Å². The van der Waals surface area contributed by atoms with Crippen LogP contribution in [-0.2, 0) is 6.54 Å². The number of carbonyl (C=O) groups excluding carboxylic acids is 1. The van der Waals surface area contributed by atoms with Crippen LogP contribution in [0.2, 0.25) is 5.02 Å². The molecule has 0 bridgehead atoms. The molecule has 4 rings (SSSR count). The number of aromatic nitrogens is 5. The predicted molar refractivity (Wildman–Crippen MR) is 121 cm³/mol. The van der Waals surface area contributed by atoms with Gasteiger partial charge in [-0.2, -0.15) is 5.10 Å². The molecule has 0 aliphatic carbocycles. The first-order valence-corrected chi connectivity index (χ1v) is 10.7. The summed E-state index contributed by atoms with van der Waals surface area (Å²) < 4.78 is 7.53. The van der Waals surface area contributed by atoms with E-state index in [-0.39, 0.29) is 12.5 Å². The fraction of sp³-hybridized carbons (Fsp3) is 0.261. The van der Waals surface area contributed by atoms with Crippen molar-refractivity contribution in [2.75, 3.05) is 6.54 Å². The van der Waals surface area contributed by atoms with Crippen LogP contribution >= 0.6 is 11.6 Å². The van der Waals surface area contributed by atoms with Crippen LogP contribution in [0.1, 0.15) is 41.0 Å². The zero-order valence-electron chi connectivity index (χ0n) is 18.1. The summed E-state index contributed by atoms with van der Waals surface area (Å²) in [6.07, 6.45) is 2.36. The van der Waals surface area contributed by atoms with Gasteiger partial charge in [0.05, 0.1) is 28.4 Å². The maximum atomic E-state index is 13.1. The molecule has 32 heavy (non-hydrogen) atoms. The summed E-state index contributed by atoms with van der Waals surface area (Å²) in [6.45, 7) is 6.64. The summed E-state index contributed by atoms with van der Waals surface area (Å²) in [4.78, 5) is 19.2. The van der Waals surface area contributed by atoms with E-state index in [4.69, 9.17) is 16.0 Å². The molecule has 0 unspecified atom stereocenters. The summed E-state index contributed by atoms with van der Waals surface area (Å²) >= 11 is 6.22. The highest BCUT2D eigenvalue weighted by Crippen LogP contribution is 2.26. The SMILES string of the molecule is CCCN(Cc1nnc(-c2ccccc2Cl)o1)C(=O)c1ccc(-n2nc(C)cc2C)nc1. The fourth-order valence-electron chi connectivity index (χ4n) is 3.43. The Bertz CT molecular complexity index is 1230. The molecule has 0 aliphatic heterocycles. The number of halogens is 1. The van der Waals surface area contributed by atoms with E-state index in [9.17, 15) is 4.79 Å². The summed E-state index contributed by atoms with van der Waals surface area (Å²) in [5, 5.41) is 13.1. The Labute approximate surface area is 190 Å². The summed E-state index contributed by atoms with van der Waals surface area (Å²) in [6, 6.07) is 12.8. The zero-order valence-corrected chi connectivity index (χ0v) is 18.9. The Morgan fingerprint density at radius 3 is 2.62 bits per heavy atom. The quantitative estimate of drug-likeness (QED) is 0.407. The molecule has 0 saturated carbocycles. The third kappa shape index (κ3) is 4.55. The van der Waals surface area contributed by atoms with Crippen molar-refractivity contribution in [3.8, 4) is 17.3 Å². The van der Waals surface area contributed by atoms with Crippen LogP contribution in [0.5, 0.6) is 0 Å². The molecule has 164 valence electrons. The van der Waals surface area contributed by atoms with Crippen LogP contribution in [0.15, 0.2) is 53.1 Å². The number of nitrogens with zero attached hydrogens (tertiary/aromatic N) is 6. The summed E-state index contributed by atoms with van der Waals surface area (Å²) in [5.74, 6) is 1.17. The third-order valence-electron chi connectivity index (χ3n) is 4.90. The molecule has 0 spiro atoms. The lowest BCUT2D eigenvalue weighted by Crippen LogP contribution is -2.31. The van der Waals surface area contributed by atoms with Gasteiger partial charge in [-0.05, 0) is 50.6 Å². The lowest BCUT2D eigenvalue weighted by molar-refractivity contribution is 0.0728. The number of hydrogen-bond donors (Lipinski definition) is 0. The minimum atomic E-state index is -0.156. The van der Waals surface area contributed by atoms with Crippen LogP contribution in [0, 0.1) is 13.8 Å². The number of carbonyl (C=O) groups is 1. The van der Waals surface area contributed by atoms with E-state index >= 15 is 0 Å². The predicted octanol–water partition coefficient (Wildman–Crippen LogP) is 4.64. The van der Waals surface area contributed by atoms with Gasteiger partial charge in [-0.15, -0.1) is 10.2 Å². The molecule has 4 aromatic rings. The van der Waals surface area contributed by atoms with Gasteiger partial charge in [0.1, 0.15) is 0 Å². The topological polar surface area (TPSA) is 89.9 Å². The van der Waals surface area contributed by atoms with Crippen LogP contribution < -0.4 is 0 Å². The molecule has 1 aromatic carbocycles. The van der Waals surface area contributed by atoms with Crippen molar-refractivity contribution >= 4 is 17.5 Å². The second kappa shape index (κ2) is 9.32. The molecule has 8 nitrogen and oxygen atoms in total. The highest BCUT2D eigenvalue weighted by Gasteiger charge is 2.20. The largest absolute Gasteiger partial charge is 0.419 e. The lowest BCUT2D eigenvalue weighted by Gasteiger charge is -2.20. The average Bonchev–Trinajstić information content (AvgIpc) is 3.39. The van der Waals surface area contributed by atoms with Gasteiger partial charge in [0.25, 0.3) is 5.91 Å². The van der Waals surface area contributed by atoms with Gasteiger partial charge < -0.3 is 9.32 Å². The smallest absolute Gasteiger partial charge is 0.255 e. The van der Waals surface area contributed by atoms with Crippen molar-refractivity contribution < 1.29 is 9.21 Å². The number of hydrogen-bond acceptors (Lipinski definition) is 6. The van der Waals surface area contributed by atoms with Crippen LogP contribution in [0.25, 0.3) is 17.3 Å². The van der Waals surface area contributed by atoms with Crippen molar-refractivity contribution in [3.63, 3.8) is 0 Å². The van der Waals surface area contributed by atoms with Crippen molar-refractivity contribution in [2.45, 2.75) is 33.7 Å². The zero-order chi connectivity index (χ0) is 22.7. The molecule has 0 saturated heterocycles. The molecule has 1 amide bonds. The molecule has 0 fully saturated rings. The van der Waals surface area contributed by atoms with Gasteiger partial charge in [-0.3, -0.25) is 4.79 Å². The lowest BCUT2D eigenvalue weighted by atomic mass is 10.2. The number of amides is 1. The third-order valence-corrected chi connectivity index (χ3v) is 5.23. The molecule has 3 heterocycles. The molecular formula is C23H23ClN6O2. The maximum Gasteiger partial charge on any atom is 0.255 e. The highest BCUT2D eigenvalue weighted by molar-refractivity contribution is 6.33. The Kier molecular flexibility index (Phi) is 6.32. The average molecular weight is 451 g/mol. The minimum absolute atomic E-state index is 0.156. The van der Waals surface area contributed by atoms with Gasteiger partial charge >= 0.3 is 0 Å². The Morgan fingerprint density at radius 2 is 1.97 bits per heavy atom. The second-order valence-electron chi connectivity index (χ2n) is 7.45. The first kappa shape index (κ1) is 21.7. The molecule has 9 heteroatoms. The molecule has 0 atom stereocenters. The Hall–Kier alpha value is -3.52. The molecule has 0 N–H and O–H groups in total. The monoisotopic (exact) mass is 450 g/mol. The van der Waals surface area contributed by atoms with E-state index in [1.807, 2.05) is 45.0 Å². The van der Waals surface area contributed by atoms with Gasteiger partial charge in [-0.1, -0.05) is 30.7 Å². The van der Waals surface area contributed by atoms with E-state index in [0.717, 1.165) is 17.8 Å². The summed E-state index contributed by atoms with van der Waals surface area (Å²) in [7, 11) is 0. The van der Waals surface area contributed by atoms with Gasteiger partial charge in [0, 0.05) is 18.4 Å². The highest BCUT2D eigenvalue weighted by atomic mass is 35.5. The Morgan fingerprint density at radius 1 is 1.16 bits per heavy atom. The summed E-state index contributed by atoms with van der Waals surface area (Å²) in [5.41, 5.74) is 3.03. The maximum absolute atomic E-state index is 13.1. The van der Waals surface area contributed by atoms with Crippen molar-refractivity contribution in [1.29, 1.82) is 0 Å². The van der Waals surface area contributed by atoms with Crippen molar-refractivity contribution in [3.05, 3.63) is 76.5 Å². The molecular weight excluding hydrogens is 428 g/mol. The normalized spacial score (nSPS) is 11.0. The van der Waals surface area contributed by atoms with E-state index in [1.165, 1.54) is 0 Å². The van der Waals surface area contributed by atoms with E-state index in [0.29, 0.717) is 40.3 Å². The van der Waals surface area contributed by atoms with Crippen molar-refractivity contribution in [2.24, 2.45) is 0 Å². The second-order valence-corrected chi connectivity index (χ2v) is 7.86. The number of rotatable bonds is 7. The van der Waals surface area contributed by atoms with Crippen LogP contribution in [-0.4, -0.2) is 42.3 Å². The van der Waals surface area contributed by atoms with E-state index < -0.39 is 0 Å². The van der Waals surface area contributed by atoms with E-state index in [2.05, 4.69) is 20.3 Å². The number of aryl methyl sites for hydroxylation is 2. The number of benzene rings is 1. The first-order chi connectivity index (χ1) is 15.5. The van der Waals surface area contributed by atoms with Gasteiger partial charge in [-0.25, -0.2) is 9.67 Å². The van der Waals surface area contributed by atoms with Crippen molar-refractivity contribution in [1.82, 2.24) is 29.9 Å². The standard InChI is InChI=1S/C23H23ClN6O2/c1-4-11-29(14-21-26-27-22(32-21)18-7-5-6-8-19(18)24)23(31)17-9-10-20(25-13-17)30-16(3)12-15(2)28-30/h5-10,12-13H,4,11,14H2,1-3H3. The minimum Gasteiger partial charge on any atom is -0.419 e. The van der Waals surface area contributed by atoms with Crippen LogP contribution in [0.3, 0.4) is 0 Å². The molecule has 0 radical (unpaired) electrons. The fourth-order valence-corrected chi connectivity index (χ4v) is 3.64. The Balaban J connectivity index is 1.52. The number of pyridine rings is 1. The van der Waals surface area contributed by atoms with Gasteiger partial charge in [0.15, 0.2) is 5.82 Å². The molecule has 3 aromatic heterocycles. The first-order valence-electron chi connectivity index (χ1n) is 10.3. The molecule has 0 aliphatic rings. The van der Waals surface area contributed by atoms with E-state index in [1.54, 1.807) is 34.0 Å². The van der Waals surface area contributed by atoms with Gasteiger partial charge in [0.2, 0.25) is 11.8 Å².